The predicted molar refractivity (Wildman–Crippen MR) is 64.4 cm³/mol. The van der Waals surface area contributed by atoms with Gasteiger partial charge in [-0.15, -0.1) is 0 Å². The zero-order valence-electron chi connectivity index (χ0n) is 10.6. The highest BCUT2D eigenvalue weighted by Gasteiger charge is 2.33. The monoisotopic (exact) mass is 196 g/mol. The quantitative estimate of drug-likeness (QED) is 0.601. The lowest BCUT2D eigenvalue weighted by Crippen LogP contribution is -2.30. The maximum atomic E-state index is 2.38. The molecule has 0 aromatic heterocycles. The summed E-state index contributed by atoms with van der Waals surface area (Å²) in [6, 6.07) is 0. The molecule has 0 saturated heterocycles. The maximum Gasteiger partial charge on any atom is -0.0386 e. The first kappa shape index (κ1) is 12.1. The smallest absolute Gasteiger partial charge is 0.0386 e. The molecule has 4 unspecified atom stereocenters. The van der Waals surface area contributed by atoms with Gasteiger partial charge in [0.15, 0.2) is 0 Å². The van der Waals surface area contributed by atoms with Gasteiger partial charge in [-0.05, 0) is 36.5 Å². The Hall–Kier alpha value is 0. The third-order valence-corrected chi connectivity index (χ3v) is 4.64. The van der Waals surface area contributed by atoms with Crippen LogP contribution in [0.15, 0.2) is 0 Å². The van der Waals surface area contributed by atoms with Gasteiger partial charge in [0.05, 0.1) is 0 Å². The fourth-order valence-electron chi connectivity index (χ4n) is 3.55. The van der Waals surface area contributed by atoms with Gasteiger partial charge in [-0.2, -0.15) is 0 Å². The van der Waals surface area contributed by atoms with Crippen molar-refractivity contribution in [3.8, 4) is 0 Å². The Kier molecular flexibility index (Phi) is 4.98. The Morgan fingerprint density at radius 2 is 0.786 bits per heavy atom. The molecule has 0 N–H and O–H groups in total. The van der Waals surface area contributed by atoms with Gasteiger partial charge in [-0.25, -0.2) is 0 Å². The van der Waals surface area contributed by atoms with Crippen molar-refractivity contribution in [1.82, 2.24) is 0 Å². The Morgan fingerprint density at radius 1 is 0.571 bits per heavy atom. The lowest BCUT2D eigenvalue weighted by molar-refractivity contribution is 0.0998. The van der Waals surface area contributed by atoms with Gasteiger partial charge in [0.2, 0.25) is 0 Å². The van der Waals surface area contributed by atoms with Crippen LogP contribution in [0.25, 0.3) is 0 Å². The highest BCUT2D eigenvalue weighted by Crippen LogP contribution is 2.43. The van der Waals surface area contributed by atoms with Crippen LogP contribution in [-0.4, -0.2) is 0 Å². The molecule has 0 aromatic carbocycles. The van der Waals surface area contributed by atoms with E-state index in [0.29, 0.717) is 0 Å². The molecule has 1 rings (SSSR count). The van der Waals surface area contributed by atoms with E-state index in [1.807, 2.05) is 0 Å². The van der Waals surface area contributed by atoms with E-state index >= 15 is 0 Å². The average molecular weight is 196 g/mol. The SMILES string of the molecule is CCC1CC(CC)C(CC)CC1CC. The molecule has 0 aromatic rings. The van der Waals surface area contributed by atoms with Crippen LogP contribution in [0, 0.1) is 23.7 Å². The maximum absolute atomic E-state index is 2.38. The Morgan fingerprint density at radius 3 is 0.929 bits per heavy atom. The summed E-state index contributed by atoms with van der Waals surface area (Å²) < 4.78 is 0. The molecule has 14 heavy (non-hydrogen) atoms. The van der Waals surface area contributed by atoms with Gasteiger partial charge in [0, 0.05) is 0 Å². The molecule has 4 atom stereocenters. The molecule has 0 heterocycles. The molecule has 84 valence electrons. The minimum Gasteiger partial charge on any atom is -0.0651 e. The molecular formula is C14H28. The van der Waals surface area contributed by atoms with E-state index in [1.165, 1.54) is 38.5 Å². The molecule has 0 spiro atoms. The Labute approximate surface area is 90.5 Å². The molecule has 0 nitrogen and oxygen atoms in total. The van der Waals surface area contributed by atoms with Crippen LogP contribution in [0.1, 0.15) is 66.2 Å². The second kappa shape index (κ2) is 5.78. The third kappa shape index (κ3) is 2.52. The second-order valence-corrected chi connectivity index (χ2v) is 5.14. The van der Waals surface area contributed by atoms with Crippen molar-refractivity contribution in [2.24, 2.45) is 23.7 Å². The molecule has 0 radical (unpaired) electrons. The van der Waals surface area contributed by atoms with Crippen LogP contribution in [-0.2, 0) is 0 Å². The van der Waals surface area contributed by atoms with Crippen LogP contribution in [0.2, 0.25) is 0 Å². The predicted octanol–water partition coefficient (Wildman–Crippen LogP) is 4.89. The van der Waals surface area contributed by atoms with Crippen molar-refractivity contribution < 1.29 is 0 Å². The highest BCUT2D eigenvalue weighted by molar-refractivity contribution is 4.83. The largest absolute Gasteiger partial charge is 0.0651 e. The van der Waals surface area contributed by atoms with Gasteiger partial charge < -0.3 is 0 Å². The minimum absolute atomic E-state index is 1.03. The van der Waals surface area contributed by atoms with Gasteiger partial charge in [0.1, 0.15) is 0 Å². The summed E-state index contributed by atoms with van der Waals surface area (Å²) in [6.45, 7) is 9.53. The van der Waals surface area contributed by atoms with E-state index in [9.17, 15) is 0 Å². The first-order valence-corrected chi connectivity index (χ1v) is 6.76. The summed E-state index contributed by atoms with van der Waals surface area (Å²) in [5.74, 6) is 4.14. The summed E-state index contributed by atoms with van der Waals surface area (Å²) in [6.07, 6.45) is 8.67. The fraction of sp³-hybridized carbons (Fsp3) is 1.00. The second-order valence-electron chi connectivity index (χ2n) is 5.14. The van der Waals surface area contributed by atoms with Crippen molar-refractivity contribution in [1.29, 1.82) is 0 Å². The molecule has 1 fully saturated rings. The van der Waals surface area contributed by atoms with Gasteiger partial charge in [-0.3, -0.25) is 0 Å². The number of hydrogen-bond acceptors (Lipinski definition) is 0. The summed E-state index contributed by atoms with van der Waals surface area (Å²) in [5, 5.41) is 0. The standard InChI is InChI=1S/C14H28/c1-5-11-9-13(7-3)14(8-4)10-12(11)6-2/h11-14H,5-10H2,1-4H3. The Balaban J connectivity index is 2.59. The normalized spacial score (nSPS) is 38.6. The summed E-state index contributed by atoms with van der Waals surface area (Å²) >= 11 is 0. The van der Waals surface area contributed by atoms with E-state index in [2.05, 4.69) is 27.7 Å². The fourth-order valence-corrected chi connectivity index (χ4v) is 3.55. The molecule has 0 heteroatoms. The first-order valence-electron chi connectivity index (χ1n) is 6.76. The molecule has 1 aliphatic rings. The molecule has 0 amide bonds. The van der Waals surface area contributed by atoms with Crippen LogP contribution in [0.3, 0.4) is 0 Å². The van der Waals surface area contributed by atoms with Gasteiger partial charge in [0.25, 0.3) is 0 Å². The van der Waals surface area contributed by atoms with E-state index in [4.69, 9.17) is 0 Å². The van der Waals surface area contributed by atoms with Crippen molar-refractivity contribution >= 4 is 0 Å². The summed E-state index contributed by atoms with van der Waals surface area (Å²) in [7, 11) is 0. The third-order valence-electron chi connectivity index (χ3n) is 4.64. The van der Waals surface area contributed by atoms with E-state index in [-0.39, 0.29) is 0 Å². The van der Waals surface area contributed by atoms with Gasteiger partial charge in [-0.1, -0.05) is 53.4 Å². The van der Waals surface area contributed by atoms with Crippen LogP contribution in [0.5, 0.6) is 0 Å². The van der Waals surface area contributed by atoms with E-state index in [0.717, 1.165) is 23.7 Å². The van der Waals surface area contributed by atoms with Crippen molar-refractivity contribution in [2.75, 3.05) is 0 Å². The van der Waals surface area contributed by atoms with Crippen molar-refractivity contribution in [3.63, 3.8) is 0 Å². The first-order chi connectivity index (χ1) is 6.76. The molecule has 1 aliphatic carbocycles. The lowest BCUT2D eigenvalue weighted by atomic mass is 9.65. The zero-order valence-corrected chi connectivity index (χ0v) is 10.6. The van der Waals surface area contributed by atoms with Crippen LogP contribution in [0.4, 0.5) is 0 Å². The molecule has 0 bridgehead atoms. The van der Waals surface area contributed by atoms with Crippen molar-refractivity contribution in [3.05, 3.63) is 0 Å². The topological polar surface area (TPSA) is 0 Å². The van der Waals surface area contributed by atoms with Gasteiger partial charge >= 0.3 is 0 Å². The summed E-state index contributed by atoms with van der Waals surface area (Å²) in [4.78, 5) is 0. The zero-order chi connectivity index (χ0) is 10.6. The highest BCUT2D eigenvalue weighted by atomic mass is 14.4. The molecule has 0 aliphatic heterocycles. The minimum atomic E-state index is 1.03. The molecule has 1 saturated carbocycles. The van der Waals surface area contributed by atoms with Crippen LogP contribution < -0.4 is 0 Å². The van der Waals surface area contributed by atoms with Crippen molar-refractivity contribution in [2.45, 2.75) is 66.2 Å². The van der Waals surface area contributed by atoms with Crippen LogP contribution >= 0.6 is 0 Å². The molecular weight excluding hydrogens is 168 g/mol. The number of hydrogen-bond donors (Lipinski definition) is 0. The van der Waals surface area contributed by atoms with E-state index in [1.54, 1.807) is 0 Å². The Bertz CT molecular complexity index is 116. The lowest BCUT2D eigenvalue weighted by Gasteiger charge is -2.40. The van der Waals surface area contributed by atoms with E-state index < -0.39 is 0 Å². The average Bonchev–Trinajstić information content (AvgIpc) is 2.26. The number of rotatable bonds is 4. The summed E-state index contributed by atoms with van der Waals surface area (Å²) in [5.41, 5.74) is 0.